The predicted octanol–water partition coefficient (Wildman–Crippen LogP) is 0.171. The average molecular weight is 148 g/mol. The van der Waals surface area contributed by atoms with E-state index in [1.165, 1.54) is 0 Å². The van der Waals surface area contributed by atoms with Crippen LogP contribution < -0.4 is 0 Å². The van der Waals surface area contributed by atoms with Gasteiger partial charge in [-0.15, -0.1) is 0 Å². The monoisotopic (exact) mass is 148 g/mol. The van der Waals surface area contributed by atoms with Crippen LogP contribution in [0.1, 0.15) is 0 Å². The summed E-state index contributed by atoms with van der Waals surface area (Å²) >= 11 is 0. The summed E-state index contributed by atoms with van der Waals surface area (Å²) in [5, 5.41) is 0. The zero-order chi connectivity index (χ0) is 9.15. The van der Waals surface area contributed by atoms with Crippen molar-refractivity contribution in [3.8, 4) is 0 Å². The summed E-state index contributed by atoms with van der Waals surface area (Å²) in [4.78, 5) is 12.0. The van der Waals surface area contributed by atoms with Crippen LogP contribution in [0.15, 0.2) is 0 Å². The second-order valence-electron chi connectivity index (χ2n) is 2.68. The molecule has 0 aliphatic heterocycles. The highest BCUT2D eigenvalue weighted by molar-refractivity contribution is 5.10. The van der Waals surface area contributed by atoms with Gasteiger partial charge in [-0.3, -0.25) is 0 Å². The summed E-state index contributed by atoms with van der Waals surface area (Å²) < 4.78 is 0. The molecule has 64 valence electrons. The first-order valence-corrected chi connectivity index (χ1v) is 2.97. The van der Waals surface area contributed by atoms with Gasteiger partial charge >= 0.3 is 0 Å². The second kappa shape index (κ2) is 15.8. The molecule has 0 aliphatic rings. The highest BCUT2D eigenvalue weighted by Gasteiger charge is 1.58. The zero-order valence-corrected chi connectivity index (χ0v) is 8.01. The normalized spacial score (nSPS) is 7.60. The van der Waals surface area contributed by atoms with Crippen molar-refractivity contribution in [2.24, 2.45) is 0 Å². The van der Waals surface area contributed by atoms with Crippen molar-refractivity contribution in [1.29, 1.82) is 0 Å². The molecule has 0 spiro atoms. The smallest absolute Gasteiger partial charge is 0.106 e. The lowest BCUT2D eigenvalue weighted by Gasteiger charge is -1.90. The van der Waals surface area contributed by atoms with Crippen LogP contribution in [0, 0.1) is 0 Å². The maximum absolute atomic E-state index is 8.00. The molecule has 10 heavy (non-hydrogen) atoms. The molecular weight excluding hydrogens is 128 g/mol. The molecule has 0 aromatic rings. The van der Waals surface area contributed by atoms with Crippen LogP contribution in [-0.2, 0) is 4.79 Å². The third-order valence-electron chi connectivity index (χ3n) is 0. The Balaban J connectivity index is -0.0000000787. The molecule has 0 heterocycles. The first-order chi connectivity index (χ1) is 4.46. The van der Waals surface area contributed by atoms with Crippen molar-refractivity contribution in [2.75, 3.05) is 42.3 Å². The Hall–Kier alpha value is -0.410. The van der Waals surface area contributed by atoms with Crippen molar-refractivity contribution >= 4 is 6.79 Å². The van der Waals surface area contributed by atoms with Gasteiger partial charge in [0.05, 0.1) is 0 Å². The first kappa shape index (κ1) is 16.3. The topological polar surface area (TPSA) is 23.6 Å². The average Bonchev–Trinajstić information content (AvgIpc) is 1.66. The summed E-state index contributed by atoms with van der Waals surface area (Å²) in [5.74, 6) is 0. The van der Waals surface area contributed by atoms with Crippen molar-refractivity contribution in [3.63, 3.8) is 0 Å². The van der Waals surface area contributed by atoms with Crippen LogP contribution in [0.4, 0.5) is 0 Å². The fraction of sp³-hybridized carbons (Fsp3) is 0.857. The molecule has 0 aliphatic carbocycles. The van der Waals surface area contributed by atoms with Crippen molar-refractivity contribution in [1.82, 2.24) is 9.80 Å². The van der Waals surface area contributed by atoms with Crippen LogP contribution in [-0.4, -0.2) is 58.9 Å². The van der Waals surface area contributed by atoms with Crippen LogP contribution in [0.3, 0.4) is 0 Å². The number of carbonyl (C=O) groups is 1. The molecule has 0 bridgehead atoms. The van der Waals surface area contributed by atoms with E-state index in [0.717, 1.165) is 0 Å². The molecule has 0 amide bonds. The molecular formula is C7H20N2O. The highest BCUT2D eigenvalue weighted by Crippen LogP contribution is 1.48. The third kappa shape index (κ3) is 1960. The van der Waals surface area contributed by atoms with Gasteiger partial charge in [0.25, 0.3) is 0 Å². The molecule has 0 saturated heterocycles. The Morgan fingerprint density at radius 2 is 0.700 bits per heavy atom. The molecule has 3 nitrogen and oxygen atoms in total. The first-order valence-electron chi connectivity index (χ1n) is 2.97. The lowest BCUT2D eigenvalue weighted by molar-refractivity contribution is -0.0979. The number of carbonyl (C=O) groups excluding carboxylic acids is 1. The SMILES string of the molecule is C=O.CN(C)C.CN(C)C. The van der Waals surface area contributed by atoms with E-state index >= 15 is 0 Å². The Labute approximate surface area is 64.6 Å². The Bertz CT molecular complexity index is 35.4. The largest absolute Gasteiger partial charge is 0.312 e. The van der Waals surface area contributed by atoms with E-state index in [4.69, 9.17) is 4.79 Å². The van der Waals surface area contributed by atoms with E-state index in [2.05, 4.69) is 0 Å². The van der Waals surface area contributed by atoms with Gasteiger partial charge in [0.1, 0.15) is 6.79 Å². The summed E-state index contributed by atoms with van der Waals surface area (Å²) in [7, 11) is 12.0. The van der Waals surface area contributed by atoms with E-state index in [1.807, 2.05) is 58.9 Å². The minimum Gasteiger partial charge on any atom is -0.312 e. The number of hydrogen-bond donors (Lipinski definition) is 0. The van der Waals surface area contributed by atoms with Crippen LogP contribution in [0.2, 0.25) is 0 Å². The minimum absolute atomic E-state index is 2.00. The molecule has 0 aromatic heterocycles. The lowest BCUT2D eigenvalue weighted by Crippen LogP contribution is -1.99. The molecule has 3 heteroatoms. The fourth-order valence-corrected chi connectivity index (χ4v) is 0. The van der Waals surface area contributed by atoms with Crippen molar-refractivity contribution in [2.45, 2.75) is 0 Å². The van der Waals surface area contributed by atoms with Crippen molar-refractivity contribution < 1.29 is 4.79 Å². The quantitative estimate of drug-likeness (QED) is 0.489. The summed E-state index contributed by atoms with van der Waals surface area (Å²) in [6.45, 7) is 2.00. The molecule has 0 unspecified atom stereocenters. The fourth-order valence-electron chi connectivity index (χ4n) is 0. The predicted molar refractivity (Wildman–Crippen MR) is 46.3 cm³/mol. The summed E-state index contributed by atoms with van der Waals surface area (Å²) in [6.07, 6.45) is 0. The van der Waals surface area contributed by atoms with E-state index in [9.17, 15) is 0 Å². The van der Waals surface area contributed by atoms with Crippen LogP contribution in [0.5, 0.6) is 0 Å². The van der Waals surface area contributed by atoms with Gasteiger partial charge in [0.2, 0.25) is 0 Å². The summed E-state index contributed by atoms with van der Waals surface area (Å²) in [5.41, 5.74) is 0. The van der Waals surface area contributed by atoms with Gasteiger partial charge in [-0.05, 0) is 42.3 Å². The van der Waals surface area contributed by atoms with E-state index in [0.29, 0.717) is 0 Å². The van der Waals surface area contributed by atoms with Crippen LogP contribution in [0.25, 0.3) is 0 Å². The maximum Gasteiger partial charge on any atom is 0.106 e. The molecule has 0 aromatic carbocycles. The van der Waals surface area contributed by atoms with Gasteiger partial charge in [0, 0.05) is 0 Å². The molecule has 0 fully saturated rings. The molecule has 0 saturated carbocycles. The number of rotatable bonds is 0. The Morgan fingerprint density at radius 3 is 0.700 bits per heavy atom. The molecule has 0 atom stereocenters. The molecule has 0 radical (unpaired) electrons. The Morgan fingerprint density at radius 1 is 0.700 bits per heavy atom. The van der Waals surface area contributed by atoms with E-state index in [-0.39, 0.29) is 0 Å². The second-order valence-corrected chi connectivity index (χ2v) is 2.68. The summed E-state index contributed by atoms with van der Waals surface area (Å²) in [6, 6.07) is 0. The van der Waals surface area contributed by atoms with Crippen molar-refractivity contribution in [3.05, 3.63) is 0 Å². The Kier molecular flexibility index (Phi) is 25.8. The van der Waals surface area contributed by atoms with Gasteiger partial charge < -0.3 is 14.6 Å². The zero-order valence-electron chi connectivity index (χ0n) is 8.01. The highest BCUT2D eigenvalue weighted by atomic mass is 16.1. The lowest BCUT2D eigenvalue weighted by atomic mass is 11.0. The third-order valence-corrected chi connectivity index (χ3v) is 0. The number of nitrogens with zero attached hydrogens (tertiary/aromatic N) is 2. The van der Waals surface area contributed by atoms with E-state index < -0.39 is 0 Å². The van der Waals surface area contributed by atoms with Gasteiger partial charge in [-0.1, -0.05) is 0 Å². The minimum atomic E-state index is 2.00. The van der Waals surface area contributed by atoms with Gasteiger partial charge in [-0.2, -0.15) is 0 Å². The van der Waals surface area contributed by atoms with Crippen LogP contribution >= 0.6 is 0 Å². The standard InChI is InChI=1S/2C3H9N.CH2O/c2*1-4(2)3;1-2/h2*1-3H3;1H2. The van der Waals surface area contributed by atoms with Gasteiger partial charge in [-0.25, -0.2) is 0 Å². The van der Waals surface area contributed by atoms with Gasteiger partial charge in [0.15, 0.2) is 0 Å². The number of hydrogen-bond acceptors (Lipinski definition) is 3. The molecule has 0 N–H and O–H groups in total. The molecule has 0 rings (SSSR count). The maximum atomic E-state index is 8.00. The van der Waals surface area contributed by atoms with E-state index in [1.54, 1.807) is 0 Å².